The lowest BCUT2D eigenvalue weighted by Gasteiger charge is -2.22. The number of amides is 2. The van der Waals surface area contributed by atoms with Crippen molar-refractivity contribution in [3.05, 3.63) is 89.2 Å². The Morgan fingerprint density at radius 1 is 1.11 bits per heavy atom. The normalized spacial score (nSPS) is 16.2. The lowest BCUT2D eigenvalue weighted by atomic mass is 10.0. The fourth-order valence-electron chi connectivity index (χ4n) is 3.54. The minimum absolute atomic E-state index is 0.0610. The highest BCUT2D eigenvalue weighted by molar-refractivity contribution is 5.98. The minimum Gasteiger partial charge on any atom is -0.487 e. The molecule has 3 aromatic rings. The number of ether oxygens (including phenoxy) is 2. The van der Waals surface area contributed by atoms with E-state index in [0.29, 0.717) is 34.1 Å². The number of rotatable bonds is 4. The lowest BCUT2D eigenvalue weighted by molar-refractivity contribution is -0.122. The van der Waals surface area contributed by atoms with Gasteiger partial charge in [0.1, 0.15) is 17.7 Å². The Morgan fingerprint density at radius 2 is 1.86 bits per heavy atom. The number of anilines is 1. The molecule has 0 saturated heterocycles. The van der Waals surface area contributed by atoms with Crippen molar-refractivity contribution in [2.45, 2.75) is 26.0 Å². The van der Waals surface area contributed by atoms with Crippen LogP contribution in [0.2, 0.25) is 0 Å². The van der Waals surface area contributed by atoms with Gasteiger partial charge in [-0.2, -0.15) is 0 Å². The number of nitrogens with one attached hydrogen (secondary N) is 3. The SMILES string of the molecule is CC(C)Oc1ccc2cc1OC/N=C(/N)c1ccc(cc1)NC2C(=O)NNC(=O)c1ccccc1F. The summed E-state index contributed by atoms with van der Waals surface area (Å²) in [7, 11) is 0. The predicted octanol–water partition coefficient (Wildman–Crippen LogP) is 3.28. The number of carbonyl (C=O) groups excluding carboxylic acids is 2. The number of halogens is 1. The highest BCUT2D eigenvalue weighted by Gasteiger charge is 2.24. The van der Waals surface area contributed by atoms with Gasteiger partial charge in [-0.1, -0.05) is 18.2 Å². The molecule has 5 rings (SSSR count). The average molecular weight is 492 g/mol. The first-order valence-electron chi connectivity index (χ1n) is 11.3. The van der Waals surface area contributed by atoms with Gasteiger partial charge in [0, 0.05) is 11.3 Å². The first kappa shape index (κ1) is 24.5. The summed E-state index contributed by atoms with van der Waals surface area (Å²) in [5.74, 6) is -0.924. The molecule has 0 saturated carbocycles. The summed E-state index contributed by atoms with van der Waals surface area (Å²) in [6, 6.07) is 16.6. The van der Waals surface area contributed by atoms with Gasteiger partial charge < -0.3 is 20.5 Å². The van der Waals surface area contributed by atoms with E-state index in [1.165, 1.54) is 18.2 Å². The fraction of sp³-hybridized carbons (Fsp3) is 0.192. The van der Waals surface area contributed by atoms with Crippen molar-refractivity contribution in [1.82, 2.24) is 10.9 Å². The Kier molecular flexibility index (Phi) is 7.33. The van der Waals surface area contributed by atoms with Crippen molar-refractivity contribution < 1.29 is 23.5 Å². The number of nitrogens with two attached hydrogens (primary N) is 1. The molecule has 5 N–H and O–H groups in total. The van der Waals surface area contributed by atoms with Crippen LogP contribution in [-0.4, -0.2) is 30.5 Å². The van der Waals surface area contributed by atoms with Crippen LogP contribution in [0, 0.1) is 5.82 Å². The third-order valence-corrected chi connectivity index (χ3v) is 5.29. The zero-order chi connectivity index (χ0) is 25.7. The van der Waals surface area contributed by atoms with Crippen LogP contribution in [-0.2, 0) is 4.79 Å². The number of benzene rings is 3. The molecule has 36 heavy (non-hydrogen) atoms. The van der Waals surface area contributed by atoms with E-state index in [1.54, 1.807) is 42.5 Å². The maximum Gasteiger partial charge on any atom is 0.272 e. The van der Waals surface area contributed by atoms with Crippen LogP contribution in [0.25, 0.3) is 0 Å². The molecule has 10 heteroatoms. The summed E-state index contributed by atoms with van der Waals surface area (Å²) in [6.45, 7) is 3.71. The summed E-state index contributed by atoms with van der Waals surface area (Å²) in [4.78, 5) is 29.9. The summed E-state index contributed by atoms with van der Waals surface area (Å²) in [5, 5.41) is 3.15. The van der Waals surface area contributed by atoms with Crippen LogP contribution < -0.4 is 31.4 Å². The first-order valence-corrected chi connectivity index (χ1v) is 11.3. The zero-order valence-electron chi connectivity index (χ0n) is 19.7. The van der Waals surface area contributed by atoms with Gasteiger partial charge in [0.05, 0.1) is 11.7 Å². The average Bonchev–Trinajstić information content (AvgIpc) is 2.87. The maximum atomic E-state index is 14.0. The van der Waals surface area contributed by atoms with Crippen molar-refractivity contribution in [3.63, 3.8) is 0 Å². The molecule has 0 fully saturated rings. The van der Waals surface area contributed by atoms with Gasteiger partial charge >= 0.3 is 0 Å². The highest BCUT2D eigenvalue weighted by atomic mass is 19.1. The molecule has 2 aliphatic heterocycles. The van der Waals surface area contributed by atoms with Crippen LogP contribution >= 0.6 is 0 Å². The molecule has 0 radical (unpaired) electrons. The number of hydrazine groups is 1. The van der Waals surface area contributed by atoms with Crippen molar-refractivity contribution in [2.24, 2.45) is 10.7 Å². The number of nitrogens with zero attached hydrogens (tertiary/aromatic N) is 1. The standard InChI is InChI=1S/C26H26FN5O4/c1-15(2)36-21-12-9-17-13-22(21)35-14-29-24(28)16-7-10-18(11-8-16)30-23(17)26(34)32-31-25(33)19-5-3-4-6-20(19)27/h3-13,15,23,30H,14H2,1-2H3,(H2,28,29)(H,31,33)(H,32,34). The number of fused-ring (bicyclic) bond motifs is 5. The smallest absolute Gasteiger partial charge is 0.272 e. The Morgan fingerprint density at radius 3 is 2.58 bits per heavy atom. The molecule has 1 unspecified atom stereocenters. The minimum atomic E-state index is -0.953. The Hall–Kier alpha value is -4.60. The summed E-state index contributed by atoms with van der Waals surface area (Å²) in [5.41, 5.74) is 12.4. The molecule has 0 spiro atoms. The van der Waals surface area contributed by atoms with Crippen LogP contribution in [0.1, 0.15) is 41.4 Å². The van der Waals surface area contributed by atoms with Gasteiger partial charge in [-0.25, -0.2) is 9.38 Å². The monoisotopic (exact) mass is 491 g/mol. The Labute approximate surface area is 207 Å². The third-order valence-electron chi connectivity index (χ3n) is 5.29. The zero-order valence-corrected chi connectivity index (χ0v) is 19.7. The molecule has 0 aromatic heterocycles. The number of hydrogen-bond donors (Lipinski definition) is 4. The molecule has 3 aromatic carbocycles. The van der Waals surface area contributed by atoms with E-state index in [0.717, 1.165) is 6.07 Å². The third kappa shape index (κ3) is 5.72. The van der Waals surface area contributed by atoms with Crippen LogP contribution in [0.5, 0.6) is 11.5 Å². The van der Waals surface area contributed by atoms with Crippen molar-refractivity contribution in [1.29, 1.82) is 0 Å². The molecule has 2 aliphatic rings. The molecule has 0 aliphatic carbocycles. The molecular formula is C26H26FN5O4. The molecule has 186 valence electrons. The van der Waals surface area contributed by atoms with E-state index in [9.17, 15) is 14.0 Å². The molecule has 2 heterocycles. The summed E-state index contributed by atoms with van der Waals surface area (Å²) in [6.07, 6.45) is -0.116. The van der Waals surface area contributed by atoms with Gasteiger partial charge in [0.2, 0.25) is 0 Å². The van der Waals surface area contributed by atoms with Gasteiger partial charge in [0.15, 0.2) is 18.2 Å². The second-order valence-electron chi connectivity index (χ2n) is 8.27. The van der Waals surface area contributed by atoms with Crippen LogP contribution in [0.15, 0.2) is 71.7 Å². The van der Waals surface area contributed by atoms with Crippen LogP contribution in [0.4, 0.5) is 10.1 Å². The second-order valence-corrected chi connectivity index (χ2v) is 8.27. The molecular weight excluding hydrogens is 465 g/mol. The van der Waals surface area contributed by atoms with Crippen molar-refractivity contribution in [2.75, 3.05) is 12.0 Å². The first-order chi connectivity index (χ1) is 17.3. The van der Waals surface area contributed by atoms with E-state index in [4.69, 9.17) is 15.2 Å². The van der Waals surface area contributed by atoms with Gasteiger partial charge in [-0.15, -0.1) is 0 Å². The predicted molar refractivity (Wildman–Crippen MR) is 133 cm³/mol. The van der Waals surface area contributed by atoms with Crippen LogP contribution in [0.3, 0.4) is 0 Å². The lowest BCUT2D eigenvalue weighted by Crippen LogP contribution is -2.45. The van der Waals surface area contributed by atoms with Crippen molar-refractivity contribution >= 4 is 23.3 Å². The summed E-state index contributed by atoms with van der Waals surface area (Å²) >= 11 is 0. The molecule has 9 nitrogen and oxygen atoms in total. The van der Waals surface area contributed by atoms with E-state index in [2.05, 4.69) is 21.2 Å². The van der Waals surface area contributed by atoms with E-state index in [1.807, 2.05) is 13.8 Å². The van der Waals surface area contributed by atoms with E-state index in [-0.39, 0.29) is 18.4 Å². The topological polar surface area (TPSA) is 127 Å². The van der Waals surface area contributed by atoms with Crippen molar-refractivity contribution in [3.8, 4) is 11.5 Å². The van der Waals surface area contributed by atoms with Gasteiger partial charge in [-0.3, -0.25) is 20.4 Å². The van der Waals surface area contributed by atoms with E-state index >= 15 is 0 Å². The number of hydrogen-bond acceptors (Lipinski definition) is 7. The second kappa shape index (κ2) is 10.8. The Bertz CT molecular complexity index is 1290. The summed E-state index contributed by atoms with van der Waals surface area (Å²) < 4.78 is 25.6. The Balaban J connectivity index is 1.65. The largest absolute Gasteiger partial charge is 0.487 e. The molecule has 2 amide bonds. The van der Waals surface area contributed by atoms with E-state index < -0.39 is 23.7 Å². The number of carbonyl (C=O) groups is 2. The number of aliphatic imine (C=N–C) groups is 1. The maximum absolute atomic E-state index is 14.0. The van der Waals surface area contributed by atoms with Gasteiger partial charge in [0.25, 0.3) is 11.8 Å². The highest BCUT2D eigenvalue weighted by Crippen LogP contribution is 2.33. The molecule has 1 atom stereocenters. The molecule has 4 bridgehead atoms. The van der Waals surface area contributed by atoms with Gasteiger partial charge in [-0.05, 0) is 67.9 Å². The fourth-order valence-corrected chi connectivity index (χ4v) is 3.54. The number of amidine groups is 1. The quantitative estimate of drug-likeness (QED) is 0.415.